The van der Waals surface area contributed by atoms with Gasteiger partial charge in [-0.2, -0.15) is 0 Å². The Labute approximate surface area is 108 Å². The number of carbonyl (C=O) groups excluding carboxylic acids is 1. The van der Waals surface area contributed by atoms with Crippen molar-refractivity contribution in [3.05, 3.63) is 23.8 Å². The van der Waals surface area contributed by atoms with Gasteiger partial charge in [-0.05, 0) is 44.4 Å². The summed E-state index contributed by atoms with van der Waals surface area (Å²) in [5.74, 6) is -0.0111. The third kappa shape index (κ3) is 4.04. The van der Waals surface area contributed by atoms with Crippen LogP contribution in [0.4, 0.5) is 11.4 Å². The zero-order chi connectivity index (χ0) is 13.5. The third-order valence-electron chi connectivity index (χ3n) is 3.01. The molecule has 0 aliphatic carbocycles. The van der Waals surface area contributed by atoms with Crippen molar-refractivity contribution < 1.29 is 9.90 Å². The van der Waals surface area contributed by atoms with E-state index in [0.29, 0.717) is 11.3 Å². The first-order valence-electron chi connectivity index (χ1n) is 6.28. The molecule has 3 N–H and O–H groups in total. The third-order valence-corrected chi connectivity index (χ3v) is 3.01. The topological polar surface area (TPSA) is 66.6 Å². The van der Waals surface area contributed by atoms with Gasteiger partial charge in [-0.25, -0.2) is 0 Å². The Morgan fingerprint density at radius 2 is 2.06 bits per heavy atom. The zero-order valence-electron chi connectivity index (χ0n) is 11.1. The molecule has 0 aromatic heterocycles. The van der Waals surface area contributed by atoms with Crippen LogP contribution in [0.3, 0.4) is 0 Å². The second kappa shape index (κ2) is 7.01. The summed E-state index contributed by atoms with van der Waals surface area (Å²) in [5, 5.41) is 8.71. The summed E-state index contributed by atoms with van der Waals surface area (Å²) >= 11 is 0. The Balaban J connectivity index is 2.65. The van der Waals surface area contributed by atoms with Gasteiger partial charge in [-0.15, -0.1) is 0 Å². The molecule has 0 aliphatic rings. The highest BCUT2D eigenvalue weighted by atomic mass is 16.2. The fourth-order valence-electron chi connectivity index (χ4n) is 1.85. The first kappa shape index (κ1) is 14.5. The molecule has 1 aromatic carbocycles. The standard InChI is InChI=1S/C14H22N2O2/c1-11(18)13-10-12(6-7-14(13)15)16(2)8-4-3-5-9-17/h6-7,10,17H,3-5,8-9,15H2,1-2H3. The largest absolute Gasteiger partial charge is 0.398 e. The van der Waals surface area contributed by atoms with E-state index in [4.69, 9.17) is 10.8 Å². The first-order chi connectivity index (χ1) is 8.56. The number of ketones is 1. The Kier molecular flexibility index (Phi) is 5.65. The number of nitrogens with two attached hydrogens (primary N) is 1. The van der Waals surface area contributed by atoms with Crippen LogP contribution >= 0.6 is 0 Å². The molecule has 18 heavy (non-hydrogen) atoms. The van der Waals surface area contributed by atoms with Gasteiger partial charge in [-0.3, -0.25) is 4.79 Å². The maximum absolute atomic E-state index is 11.4. The lowest BCUT2D eigenvalue weighted by molar-refractivity contribution is 0.101. The van der Waals surface area contributed by atoms with Crippen LogP contribution in [-0.2, 0) is 0 Å². The molecule has 1 aromatic rings. The molecule has 1 rings (SSSR count). The number of unbranched alkanes of at least 4 members (excludes halogenated alkanes) is 2. The second-order valence-electron chi connectivity index (χ2n) is 4.53. The summed E-state index contributed by atoms with van der Waals surface area (Å²) in [6.07, 6.45) is 2.88. The average Bonchev–Trinajstić information content (AvgIpc) is 2.34. The van der Waals surface area contributed by atoms with E-state index in [1.165, 1.54) is 6.92 Å². The van der Waals surface area contributed by atoms with E-state index >= 15 is 0 Å². The minimum Gasteiger partial charge on any atom is -0.398 e. The number of anilines is 2. The van der Waals surface area contributed by atoms with Gasteiger partial charge in [0.15, 0.2) is 5.78 Å². The number of nitrogens with zero attached hydrogens (tertiary/aromatic N) is 1. The summed E-state index contributed by atoms with van der Waals surface area (Å²) in [6, 6.07) is 5.54. The fourth-order valence-corrected chi connectivity index (χ4v) is 1.85. The van der Waals surface area contributed by atoms with Crippen LogP contribution in [0.1, 0.15) is 36.5 Å². The summed E-state index contributed by atoms with van der Waals surface area (Å²) < 4.78 is 0. The van der Waals surface area contributed by atoms with Crippen LogP contribution in [0.15, 0.2) is 18.2 Å². The zero-order valence-corrected chi connectivity index (χ0v) is 11.1. The van der Waals surface area contributed by atoms with Crippen LogP contribution in [0.5, 0.6) is 0 Å². The number of Topliss-reactive ketones (excluding diaryl/α,β-unsaturated/α-hetero) is 1. The van der Waals surface area contributed by atoms with Gasteiger partial charge in [0.1, 0.15) is 0 Å². The van der Waals surface area contributed by atoms with Crippen molar-refractivity contribution in [2.45, 2.75) is 26.2 Å². The maximum Gasteiger partial charge on any atom is 0.161 e. The van der Waals surface area contributed by atoms with Crippen LogP contribution in [-0.4, -0.2) is 31.1 Å². The van der Waals surface area contributed by atoms with Gasteiger partial charge in [0.25, 0.3) is 0 Å². The van der Waals surface area contributed by atoms with Gasteiger partial charge in [0.2, 0.25) is 0 Å². The molecule has 0 heterocycles. The minimum atomic E-state index is -0.0111. The highest BCUT2D eigenvalue weighted by Crippen LogP contribution is 2.21. The number of rotatable bonds is 7. The summed E-state index contributed by atoms with van der Waals surface area (Å²) in [7, 11) is 1.99. The summed E-state index contributed by atoms with van der Waals surface area (Å²) in [4.78, 5) is 13.5. The number of nitrogen functional groups attached to an aromatic ring is 1. The average molecular weight is 250 g/mol. The molecule has 0 amide bonds. The van der Waals surface area contributed by atoms with Gasteiger partial charge < -0.3 is 15.7 Å². The van der Waals surface area contributed by atoms with Crippen molar-refractivity contribution in [1.82, 2.24) is 0 Å². The number of hydrogen-bond donors (Lipinski definition) is 2. The second-order valence-corrected chi connectivity index (χ2v) is 4.53. The molecule has 4 nitrogen and oxygen atoms in total. The fraction of sp³-hybridized carbons (Fsp3) is 0.500. The predicted octanol–water partition coefficient (Wildman–Crippen LogP) is 2.07. The van der Waals surface area contributed by atoms with Crippen LogP contribution in [0.2, 0.25) is 0 Å². The molecule has 0 radical (unpaired) electrons. The highest BCUT2D eigenvalue weighted by molar-refractivity contribution is 6.00. The van der Waals surface area contributed by atoms with Gasteiger partial charge in [0, 0.05) is 37.1 Å². The first-order valence-corrected chi connectivity index (χ1v) is 6.28. The van der Waals surface area contributed by atoms with Gasteiger partial charge >= 0.3 is 0 Å². The van der Waals surface area contributed by atoms with Gasteiger partial charge in [0.05, 0.1) is 0 Å². The number of benzene rings is 1. The van der Waals surface area contributed by atoms with Crippen molar-refractivity contribution in [3.63, 3.8) is 0 Å². The van der Waals surface area contributed by atoms with Crippen molar-refractivity contribution in [2.24, 2.45) is 0 Å². The molecular formula is C14H22N2O2. The molecule has 0 saturated heterocycles. The number of hydrogen-bond acceptors (Lipinski definition) is 4. The molecule has 0 saturated carbocycles. The molecule has 0 atom stereocenters. The molecule has 0 unspecified atom stereocenters. The van der Waals surface area contributed by atoms with Crippen molar-refractivity contribution in [1.29, 1.82) is 0 Å². The smallest absolute Gasteiger partial charge is 0.161 e. The van der Waals surface area contributed by atoms with E-state index in [-0.39, 0.29) is 12.4 Å². The van der Waals surface area contributed by atoms with E-state index in [1.807, 2.05) is 19.2 Å². The van der Waals surface area contributed by atoms with E-state index < -0.39 is 0 Å². The molecule has 100 valence electrons. The number of aliphatic hydroxyl groups is 1. The molecular weight excluding hydrogens is 228 g/mol. The van der Waals surface area contributed by atoms with Crippen LogP contribution < -0.4 is 10.6 Å². The molecule has 0 fully saturated rings. The summed E-state index contributed by atoms with van der Waals surface area (Å²) in [5.41, 5.74) is 7.87. The summed E-state index contributed by atoms with van der Waals surface area (Å²) in [6.45, 7) is 2.68. The lowest BCUT2D eigenvalue weighted by atomic mass is 10.1. The number of carbonyl (C=O) groups is 1. The Morgan fingerprint density at radius 1 is 1.33 bits per heavy atom. The Hall–Kier alpha value is -1.55. The SMILES string of the molecule is CC(=O)c1cc(N(C)CCCCCO)ccc1N. The van der Waals surface area contributed by atoms with Gasteiger partial charge in [-0.1, -0.05) is 0 Å². The monoisotopic (exact) mass is 250 g/mol. The van der Waals surface area contributed by atoms with E-state index in [1.54, 1.807) is 6.07 Å². The normalized spacial score (nSPS) is 10.4. The Morgan fingerprint density at radius 3 is 2.67 bits per heavy atom. The van der Waals surface area contributed by atoms with E-state index in [0.717, 1.165) is 31.5 Å². The molecule has 0 aliphatic heterocycles. The van der Waals surface area contributed by atoms with E-state index in [2.05, 4.69) is 4.90 Å². The van der Waals surface area contributed by atoms with Crippen LogP contribution in [0.25, 0.3) is 0 Å². The lowest BCUT2D eigenvalue weighted by Crippen LogP contribution is -2.19. The quantitative estimate of drug-likeness (QED) is 0.441. The predicted molar refractivity (Wildman–Crippen MR) is 75.1 cm³/mol. The Bertz CT molecular complexity index is 405. The number of aliphatic hydroxyl groups excluding tert-OH is 1. The molecule has 4 heteroatoms. The molecule has 0 bridgehead atoms. The molecule has 0 spiro atoms. The maximum atomic E-state index is 11.4. The highest BCUT2D eigenvalue weighted by Gasteiger charge is 2.08. The minimum absolute atomic E-state index is 0.0111. The van der Waals surface area contributed by atoms with Crippen LogP contribution in [0, 0.1) is 0 Å². The van der Waals surface area contributed by atoms with Crippen molar-refractivity contribution >= 4 is 17.2 Å². The van der Waals surface area contributed by atoms with Crippen molar-refractivity contribution in [2.75, 3.05) is 30.8 Å². The van der Waals surface area contributed by atoms with Crippen molar-refractivity contribution in [3.8, 4) is 0 Å². The lowest BCUT2D eigenvalue weighted by Gasteiger charge is -2.20. The van der Waals surface area contributed by atoms with E-state index in [9.17, 15) is 4.79 Å².